The second-order valence-corrected chi connectivity index (χ2v) is 6.69. The van der Waals surface area contributed by atoms with Crippen molar-refractivity contribution in [3.8, 4) is 0 Å². The minimum absolute atomic E-state index is 0. The number of anilines is 1. The molecule has 0 spiro atoms. The average Bonchev–Trinajstić information content (AvgIpc) is 2.65. The second kappa shape index (κ2) is 11.9. The van der Waals surface area contributed by atoms with E-state index in [1.54, 1.807) is 0 Å². The summed E-state index contributed by atoms with van der Waals surface area (Å²) in [6, 6.07) is 13.9. The van der Waals surface area contributed by atoms with Crippen molar-refractivity contribution in [1.82, 2.24) is 9.97 Å². The fourth-order valence-corrected chi connectivity index (χ4v) is 2.82. The summed E-state index contributed by atoms with van der Waals surface area (Å²) in [5, 5.41) is 5.21. The molecule has 1 aromatic heterocycles. The minimum atomic E-state index is 0. The first kappa shape index (κ1) is 24.2. The van der Waals surface area contributed by atoms with Gasteiger partial charge in [0.1, 0.15) is 5.82 Å². The summed E-state index contributed by atoms with van der Waals surface area (Å²) in [7, 11) is 0. The molecule has 0 atom stereocenters. The van der Waals surface area contributed by atoms with E-state index in [0.29, 0.717) is 12.4 Å². The third-order valence-corrected chi connectivity index (χ3v) is 4.34. The SMILES string of the molecule is Cc1ccc2nc(/C=C/c3ccc(Cl)cc3)nc(NCCCCN)c2c1.Cl.Cl. The van der Waals surface area contributed by atoms with E-state index in [1.807, 2.05) is 42.5 Å². The molecular formula is C21H25Cl3N4. The Kier molecular flexibility index (Phi) is 10.3. The molecule has 0 unspecified atom stereocenters. The van der Waals surface area contributed by atoms with Crippen LogP contribution in [-0.4, -0.2) is 23.1 Å². The van der Waals surface area contributed by atoms with E-state index in [-0.39, 0.29) is 24.8 Å². The Morgan fingerprint density at radius 1 is 1.00 bits per heavy atom. The topological polar surface area (TPSA) is 63.8 Å². The number of halogens is 3. The zero-order valence-corrected chi connectivity index (χ0v) is 18.1. The number of unbranched alkanes of at least 4 members (excludes halogenated alkanes) is 1. The number of rotatable bonds is 7. The van der Waals surface area contributed by atoms with Crippen molar-refractivity contribution in [2.24, 2.45) is 5.73 Å². The maximum atomic E-state index is 5.93. The standard InChI is InChI=1S/C21H23ClN4.2ClH/c1-15-4-10-19-18(14-15)21(24-13-3-2-12-23)26-20(25-19)11-7-16-5-8-17(22)9-6-16;;/h4-11,14H,2-3,12-13,23H2,1H3,(H,24,25,26);2*1H/b11-7+;;. The predicted molar refractivity (Wildman–Crippen MR) is 126 cm³/mol. The Hall–Kier alpha value is -1.85. The molecular weight excluding hydrogens is 415 g/mol. The van der Waals surface area contributed by atoms with Crippen molar-refractivity contribution in [2.75, 3.05) is 18.4 Å². The van der Waals surface area contributed by atoms with Gasteiger partial charge in [-0.3, -0.25) is 0 Å². The first-order valence-corrected chi connectivity index (χ1v) is 9.19. The molecule has 0 saturated carbocycles. The molecule has 3 aromatic rings. The first-order chi connectivity index (χ1) is 12.7. The summed E-state index contributed by atoms with van der Waals surface area (Å²) in [5.41, 5.74) is 8.75. The lowest BCUT2D eigenvalue weighted by molar-refractivity contribution is 0.772. The monoisotopic (exact) mass is 438 g/mol. The summed E-state index contributed by atoms with van der Waals surface area (Å²) in [6.07, 6.45) is 5.93. The van der Waals surface area contributed by atoms with Crippen molar-refractivity contribution in [1.29, 1.82) is 0 Å². The second-order valence-electron chi connectivity index (χ2n) is 6.26. The van der Waals surface area contributed by atoms with Crippen molar-refractivity contribution >= 4 is 65.3 Å². The number of nitrogens with one attached hydrogen (secondary N) is 1. The summed E-state index contributed by atoms with van der Waals surface area (Å²) in [6.45, 7) is 3.63. The molecule has 1 heterocycles. The number of hydrogen-bond acceptors (Lipinski definition) is 4. The number of nitrogens with two attached hydrogens (primary N) is 1. The van der Waals surface area contributed by atoms with Gasteiger partial charge in [-0.15, -0.1) is 24.8 Å². The number of aromatic nitrogens is 2. The zero-order valence-electron chi connectivity index (χ0n) is 15.7. The molecule has 0 aliphatic rings. The molecule has 7 heteroatoms. The summed E-state index contributed by atoms with van der Waals surface area (Å²) in [4.78, 5) is 9.38. The van der Waals surface area contributed by atoms with E-state index in [9.17, 15) is 0 Å². The molecule has 0 amide bonds. The van der Waals surface area contributed by atoms with Crippen LogP contribution in [0, 0.1) is 6.92 Å². The van der Waals surface area contributed by atoms with Crippen LogP contribution in [0.15, 0.2) is 42.5 Å². The summed E-state index contributed by atoms with van der Waals surface area (Å²) >= 11 is 5.93. The molecule has 0 bridgehead atoms. The van der Waals surface area contributed by atoms with E-state index in [4.69, 9.17) is 22.3 Å². The molecule has 2 aromatic carbocycles. The van der Waals surface area contributed by atoms with Crippen LogP contribution in [0.25, 0.3) is 23.1 Å². The molecule has 0 aliphatic heterocycles. The third-order valence-electron chi connectivity index (χ3n) is 4.09. The van der Waals surface area contributed by atoms with E-state index in [2.05, 4.69) is 29.4 Å². The predicted octanol–water partition coefficient (Wildman–Crippen LogP) is 5.76. The molecule has 4 nitrogen and oxygen atoms in total. The number of benzene rings is 2. The highest BCUT2D eigenvalue weighted by molar-refractivity contribution is 6.30. The van der Waals surface area contributed by atoms with Crippen LogP contribution in [0.3, 0.4) is 0 Å². The highest BCUT2D eigenvalue weighted by Gasteiger charge is 2.06. The molecule has 0 aliphatic carbocycles. The average molecular weight is 440 g/mol. The lowest BCUT2D eigenvalue weighted by Gasteiger charge is -2.10. The summed E-state index contributed by atoms with van der Waals surface area (Å²) < 4.78 is 0. The Morgan fingerprint density at radius 2 is 1.75 bits per heavy atom. The van der Waals surface area contributed by atoms with Gasteiger partial charge in [-0.1, -0.05) is 41.4 Å². The van der Waals surface area contributed by atoms with Crippen LogP contribution in [0.5, 0.6) is 0 Å². The van der Waals surface area contributed by atoms with Crippen molar-refractivity contribution < 1.29 is 0 Å². The molecule has 0 fully saturated rings. The van der Waals surface area contributed by atoms with E-state index < -0.39 is 0 Å². The Bertz CT molecular complexity index is 911. The highest BCUT2D eigenvalue weighted by Crippen LogP contribution is 2.23. The quantitative estimate of drug-likeness (QED) is 0.460. The highest BCUT2D eigenvalue weighted by atomic mass is 35.5. The van der Waals surface area contributed by atoms with Crippen LogP contribution in [0.2, 0.25) is 5.02 Å². The largest absolute Gasteiger partial charge is 0.369 e. The van der Waals surface area contributed by atoms with E-state index in [1.165, 1.54) is 5.56 Å². The minimum Gasteiger partial charge on any atom is -0.369 e. The van der Waals surface area contributed by atoms with Crippen LogP contribution < -0.4 is 11.1 Å². The molecule has 150 valence electrons. The Balaban J connectivity index is 0.00000196. The molecule has 0 radical (unpaired) electrons. The normalized spacial score (nSPS) is 10.5. The van der Waals surface area contributed by atoms with Crippen LogP contribution in [-0.2, 0) is 0 Å². The van der Waals surface area contributed by atoms with Crippen molar-refractivity contribution in [3.63, 3.8) is 0 Å². The zero-order chi connectivity index (χ0) is 18.4. The third kappa shape index (κ3) is 6.64. The van der Waals surface area contributed by atoms with Gasteiger partial charge in [0.2, 0.25) is 0 Å². The number of hydrogen-bond donors (Lipinski definition) is 2. The summed E-state index contributed by atoms with van der Waals surface area (Å²) in [5.74, 6) is 1.55. The van der Waals surface area contributed by atoms with Gasteiger partial charge in [-0.2, -0.15) is 0 Å². The first-order valence-electron chi connectivity index (χ1n) is 8.82. The van der Waals surface area contributed by atoms with Gasteiger partial charge >= 0.3 is 0 Å². The Morgan fingerprint density at radius 3 is 2.46 bits per heavy atom. The van der Waals surface area contributed by atoms with Gasteiger partial charge in [0.15, 0.2) is 5.82 Å². The van der Waals surface area contributed by atoms with Crippen LogP contribution in [0.4, 0.5) is 5.82 Å². The maximum absolute atomic E-state index is 5.93. The van der Waals surface area contributed by atoms with Gasteiger partial charge < -0.3 is 11.1 Å². The van der Waals surface area contributed by atoms with Crippen LogP contribution >= 0.6 is 36.4 Å². The van der Waals surface area contributed by atoms with Gasteiger partial charge in [-0.25, -0.2) is 9.97 Å². The van der Waals surface area contributed by atoms with Crippen molar-refractivity contribution in [3.05, 3.63) is 64.4 Å². The molecule has 28 heavy (non-hydrogen) atoms. The number of nitrogens with zero attached hydrogens (tertiary/aromatic N) is 2. The lowest BCUT2D eigenvalue weighted by Crippen LogP contribution is -2.08. The van der Waals surface area contributed by atoms with Crippen molar-refractivity contribution in [2.45, 2.75) is 19.8 Å². The number of aryl methyl sites for hydroxylation is 1. The van der Waals surface area contributed by atoms with Gasteiger partial charge in [0.05, 0.1) is 5.52 Å². The fourth-order valence-electron chi connectivity index (χ4n) is 2.69. The maximum Gasteiger partial charge on any atom is 0.154 e. The van der Waals surface area contributed by atoms with Gasteiger partial charge in [0.25, 0.3) is 0 Å². The van der Waals surface area contributed by atoms with Gasteiger partial charge in [-0.05, 0) is 62.2 Å². The lowest BCUT2D eigenvalue weighted by atomic mass is 10.1. The molecule has 0 saturated heterocycles. The smallest absolute Gasteiger partial charge is 0.154 e. The fraction of sp³-hybridized carbons (Fsp3) is 0.238. The van der Waals surface area contributed by atoms with E-state index in [0.717, 1.165) is 46.7 Å². The van der Waals surface area contributed by atoms with E-state index >= 15 is 0 Å². The van der Waals surface area contributed by atoms with Crippen LogP contribution in [0.1, 0.15) is 29.8 Å². The Labute approximate surface area is 183 Å². The van der Waals surface area contributed by atoms with Gasteiger partial charge in [0, 0.05) is 17.0 Å². The molecule has 3 rings (SSSR count). The molecule has 3 N–H and O–H groups in total. The number of fused-ring (bicyclic) bond motifs is 1.